The minimum Gasteiger partial charge on any atom is -0.399 e. The molecule has 0 bridgehead atoms. The molecule has 2 N–H and O–H groups in total. The van der Waals surface area contributed by atoms with Crippen LogP contribution in [0, 0.1) is 0 Å². The lowest BCUT2D eigenvalue weighted by atomic mass is 9.94. The quantitative estimate of drug-likeness (QED) is 0.360. The third-order valence-corrected chi connectivity index (χ3v) is 4.93. The van der Waals surface area contributed by atoms with E-state index in [2.05, 4.69) is 89.8 Å². The topological polar surface area (TPSA) is 29.3 Å². The second-order valence-electron chi connectivity index (χ2n) is 6.51. The van der Waals surface area contributed by atoms with Crippen molar-refractivity contribution in [2.45, 2.75) is 0 Å². The van der Waals surface area contributed by atoms with Gasteiger partial charge in [-0.2, -0.15) is 0 Å². The summed E-state index contributed by atoms with van der Waals surface area (Å²) in [4.78, 5) is 2.32. The van der Waals surface area contributed by atoms with Crippen LogP contribution in [0.15, 0.2) is 97.1 Å². The first-order chi connectivity index (χ1) is 12.8. The highest BCUT2D eigenvalue weighted by Gasteiger charge is 2.25. The summed E-state index contributed by atoms with van der Waals surface area (Å²) in [6, 6.07) is 33.8. The average Bonchev–Trinajstić information content (AvgIpc) is 2.82. The van der Waals surface area contributed by atoms with E-state index in [9.17, 15) is 0 Å². The third-order valence-electron chi connectivity index (χ3n) is 4.93. The molecule has 1 heterocycles. The van der Waals surface area contributed by atoms with E-state index in [1.807, 2.05) is 12.1 Å². The molecule has 26 heavy (non-hydrogen) atoms. The SMILES string of the molecule is Nc1ccc2c(c1)-c1ccccc1-c1ccccc1N2c1ccccc1. The number of nitrogens with two attached hydrogens (primary N) is 1. The highest BCUT2D eigenvalue weighted by molar-refractivity contribution is 6.02. The Balaban J connectivity index is 1.93. The van der Waals surface area contributed by atoms with Crippen LogP contribution in [0.2, 0.25) is 0 Å². The van der Waals surface area contributed by atoms with Gasteiger partial charge in [-0.05, 0) is 47.5 Å². The minimum absolute atomic E-state index is 0.775. The molecule has 0 atom stereocenters. The minimum atomic E-state index is 0.775. The molecule has 0 fully saturated rings. The summed E-state index contributed by atoms with van der Waals surface area (Å²) in [5.41, 5.74) is 15.2. The number of nitrogen functional groups attached to an aromatic ring is 1. The first-order valence-electron chi connectivity index (χ1n) is 8.76. The third kappa shape index (κ3) is 2.20. The lowest BCUT2D eigenvalue weighted by Crippen LogP contribution is -2.10. The monoisotopic (exact) mass is 334 g/mol. The van der Waals surface area contributed by atoms with Crippen molar-refractivity contribution in [2.75, 3.05) is 10.6 Å². The average molecular weight is 334 g/mol. The normalized spacial score (nSPS) is 11.9. The number of para-hydroxylation sites is 2. The summed E-state index contributed by atoms with van der Waals surface area (Å²) >= 11 is 0. The van der Waals surface area contributed by atoms with E-state index in [-0.39, 0.29) is 0 Å². The second-order valence-corrected chi connectivity index (χ2v) is 6.51. The standard InChI is InChI=1S/C24H18N2/c25-17-14-15-24-22(16-17)20-11-5-4-10-19(20)21-12-6-7-13-23(21)26(24)18-8-2-1-3-9-18/h1-16H,25H2. The predicted octanol–water partition coefficient (Wildman–Crippen LogP) is 6.39. The van der Waals surface area contributed by atoms with Crippen LogP contribution in [-0.4, -0.2) is 0 Å². The van der Waals surface area contributed by atoms with Crippen molar-refractivity contribution >= 4 is 22.7 Å². The Bertz CT molecular complexity index is 1100. The van der Waals surface area contributed by atoms with E-state index >= 15 is 0 Å². The van der Waals surface area contributed by atoms with Gasteiger partial charge < -0.3 is 10.6 Å². The molecule has 124 valence electrons. The van der Waals surface area contributed by atoms with Crippen LogP contribution < -0.4 is 10.6 Å². The molecule has 0 aromatic heterocycles. The van der Waals surface area contributed by atoms with Crippen molar-refractivity contribution in [3.63, 3.8) is 0 Å². The number of nitrogens with zero attached hydrogens (tertiary/aromatic N) is 1. The number of fused-ring (bicyclic) bond motifs is 5. The van der Waals surface area contributed by atoms with Crippen LogP contribution in [0.3, 0.4) is 0 Å². The highest BCUT2D eigenvalue weighted by atomic mass is 15.1. The van der Waals surface area contributed by atoms with Crippen molar-refractivity contribution in [3.8, 4) is 22.3 Å². The molecule has 0 aliphatic carbocycles. The molecule has 0 amide bonds. The van der Waals surface area contributed by atoms with Gasteiger partial charge in [0.2, 0.25) is 0 Å². The fourth-order valence-corrected chi connectivity index (χ4v) is 3.80. The van der Waals surface area contributed by atoms with Gasteiger partial charge >= 0.3 is 0 Å². The first-order valence-corrected chi connectivity index (χ1v) is 8.76. The molecular formula is C24H18N2. The van der Waals surface area contributed by atoms with Gasteiger partial charge in [0.05, 0.1) is 11.4 Å². The smallest absolute Gasteiger partial charge is 0.0542 e. The maximum absolute atomic E-state index is 6.16. The molecule has 4 aromatic rings. The summed E-state index contributed by atoms with van der Waals surface area (Å²) in [6.07, 6.45) is 0. The Morgan fingerprint density at radius 1 is 0.500 bits per heavy atom. The maximum atomic E-state index is 6.16. The lowest BCUT2D eigenvalue weighted by molar-refractivity contribution is 1.30. The molecule has 0 saturated carbocycles. The Kier molecular flexibility index (Phi) is 3.29. The van der Waals surface area contributed by atoms with Crippen LogP contribution in [0.5, 0.6) is 0 Å². The van der Waals surface area contributed by atoms with Gasteiger partial charge in [-0.15, -0.1) is 0 Å². The van der Waals surface area contributed by atoms with E-state index in [0.29, 0.717) is 0 Å². The lowest BCUT2D eigenvalue weighted by Gasteiger charge is -2.27. The molecule has 0 radical (unpaired) electrons. The number of hydrogen-bond acceptors (Lipinski definition) is 2. The van der Waals surface area contributed by atoms with E-state index in [1.165, 1.54) is 22.4 Å². The van der Waals surface area contributed by atoms with E-state index in [1.54, 1.807) is 0 Å². The molecule has 1 aliphatic heterocycles. The van der Waals surface area contributed by atoms with Gasteiger partial charge in [-0.3, -0.25) is 0 Å². The van der Waals surface area contributed by atoms with E-state index in [0.717, 1.165) is 22.6 Å². The first kappa shape index (κ1) is 14.8. The van der Waals surface area contributed by atoms with Gasteiger partial charge in [0.1, 0.15) is 0 Å². The molecule has 5 rings (SSSR count). The summed E-state index contributed by atoms with van der Waals surface area (Å²) < 4.78 is 0. The molecule has 0 spiro atoms. The van der Waals surface area contributed by atoms with Crippen molar-refractivity contribution in [1.82, 2.24) is 0 Å². The summed E-state index contributed by atoms with van der Waals surface area (Å²) in [7, 11) is 0. The number of benzene rings is 4. The molecule has 0 unspecified atom stereocenters. The number of rotatable bonds is 1. The van der Waals surface area contributed by atoms with Gasteiger partial charge in [0, 0.05) is 22.5 Å². The van der Waals surface area contributed by atoms with E-state index < -0.39 is 0 Å². The Morgan fingerprint density at radius 3 is 1.85 bits per heavy atom. The summed E-state index contributed by atoms with van der Waals surface area (Å²) in [6.45, 7) is 0. The van der Waals surface area contributed by atoms with Crippen molar-refractivity contribution in [3.05, 3.63) is 97.1 Å². The molecule has 1 aliphatic rings. The largest absolute Gasteiger partial charge is 0.399 e. The highest BCUT2D eigenvalue weighted by Crippen LogP contribution is 2.50. The van der Waals surface area contributed by atoms with Crippen LogP contribution in [0.4, 0.5) is 22.7 Å². The molecule has 0 saturated heterocycles. The Hall–Kier alpha value is -3.52. The fraction of sp³-hybridized carbons (Fsp3) is 0. The van der Waals surface area contributed by atoms with Crippen molar-refractivity contribution in [1.29, 1.82) is 0 Å². The fourth-order valence-electron chi connectivity index (χ4n) is 3.80. The predicted molar refractivity (Wildman–Crippen MR) is 110 cm³/mol. The zero-order valence-electron chi connectivity index (χ0n) is 14.3. The van der Waals surface area contributed by atoms with Crippen LogP contribution in [0.1, 0.15) is 0 Å². The zero-order valence-corrected chi connectivity index (χ0v) is 14.3. The molecular weight excluding hydrogens is 316 g/mol. The summed E-state index contributed by atoms with van der Waals surface area (Å²) in [5.74, 6) is 0. The van der Waals surface area contributed by atoms with Crippen molar-refractivity contribution in [2.24, 2.45) is 0 Å². The number of anilines is 4. The van der Waals surface area contributed by atoms with Crippen LogP contribution in [-0.2, 0) is 0 Å². The molecule has 4 aromatic carbocycles. The number of hydrogen-bond donors (Lipinski definition) is 1. The van der Waals surface area contributed by atoms with Crippen molar-refractivity contribution < 1.29 is 0 Å². The Labute approximate surface area is 153 Å². The molecule has 2 nitrogen and oxygen atoms in total. The van der Waals surface area contributed by atoms with Gasteiger partial charge in [-0.1, -0.05) is 60.7 Å². The summed E-state index contributed by atoms with van der Waals surface area (Å²) in [5, 5.41) is 0. The van der Waals surface area contributed by atoms with Crippen LogP contribution >= 0.6 is 0 Å². The zero-order chi connectivity index (χ0) is 17.5. The maximum Gasteiger partial charge on any atom is 0.0542 e. The Morgan fingerprint density at radius 2 is 1.08 bits per heavy atom. The van der Waals surface area contributed by atoms with E-state index in [4.69, 9.17) is 5.73 Å². The van der Waals surface area contributed by atoms with Crippen LogP contribution in [0.25, 0.3) is 22.3 Å². The van der Waals surface area contributed by atoms with Gasteiger partial charge in [0.25, 0.3) is 0 Å². The van der Waals surface area contributed by atoms with Gasteiger partial charge in [-0.25, -0.2) is 0 Å². The van der Waals surface area contributed by atoms with Gasteiger partial charge in [0.15, 0.2) is 0 Å². The molecule has 2 heteroatoms. The second kappa shape index (κ2) is 5.78.